The van der Waals surface area contributed by atoms with Gasteiger partial charge in [-0.2, -0.15) is 0 Å². The van der Waals surface area contributed by atoms with Crippen LogP contribution < -0.4 is 5.32 Å². The smallest absolute Gasteiger partial charge is 0.160 e. The summed E-state index contributed by atoms with van der Waals surface area (Å²) in [6.07, 6.45) is 4.24. The van der Waals surface area contributed by atoms with E-state index in [0.29, 0.717) is 11.6 Å². The molecule has 0 saturated heterocycles. The van der Waals surface area contributed by atoms with E-state index in [0.717, 1.165) is 34.6 Å². The van der Waals surface area contributed by atoms with E-state index in [-0.39, 0.29) is 0 Å². The molecule has 1 N–H and O–H groups in total. The van der Waals surface area contributed by atoms with Crippen LogP contribution in [0, 0.1) is 0 Å². The van der Waals surface area contributed by atoms with Crippen LogP contribution in [0.25, 0.3) is 16.6 Å². The molecule has 0 atom stereocenters. The molecule has 0 fully saturated rings. The Balaban J connectivity index is 1.53. The van der Waals surface area contributed by atoms with Gasteiger partial charge in [0, 0.05) is 29.6 Å². The molecule has 0 spiro atoms. The molecule has 0 bridgehead atoms. The number of hydrogen-bond donors (Lipinski definition) is 1. The number of anilines is 1. The molecule has 3 heterocycles. The SMILES string of the molecule is Clc1ccc2c(NCCc3nnc4ccccn34)ncnc2c1. The molecule has 0 aliphatic heterocycles. The molecule has 4 aromatic rings. The Bertz CT molecular complexity index is 981. The Hall–Kier alpha value is -2.73. The predicted octanol–water partition coefficient (Wildman–Crippen LogP) is 2.98. The fraction of sp³-hybridized carbons (Fsp3) is 0.125. The molecule has 1 aromatic carbocycles. The Morgan fingerprint density at radius 1 is 1.09 bits per heavy atom. The van der Waals surface area contributed by atoms with Crippen molar-refractivity contribution in [3.05, 3.63) is 59.8 Å². The lowest BCUT2D eigenvalue weighted by Gasteiger charge is -2.08. The summed E-state index contributed by atoms with van der Waals surface area (Å²) in [6, 6.07) is 11.4. The molecule has 4 rings (SSSR count). The standard InChI is InChI=1S/C16H13ClN6/c17-11-4-5-12-13(9-11)19-10-20-16(12)18-7-6-15-22-21-14-3-1-2-8-23(14)15/h1-5,8-10H,6-7H2,(H,18,19,20). The van der Waals surface area contributed by atoms with Crippen LogP contribution in [0.2, 0.25) is 5.02 Å². The zero-order valence-electron chi connectivity index (χ0n) is 12.1. The number of aromatic nitrogens is 5. The van der Waals surface area contributed by atoms with E-state index in [9.17, 15) is 0 Å². The third-order valence-electron chi connectivity index (χ3n) is 3.62. The van der Waals surface area contributed by atoms with Crippen molar-refractivity contribution in [1.29, 1.82) is 0 Å². The van der Waals surface area contributed by atoms with E-state index in [2.05, 4.69) is 25.5 Å². The lowest BCUT2D eigenvalue weighted by Crippen LogP contribution is -2.09. The van der Waals surface area contributed by atoms with E-state index in [1.807, 2.05) is 47.0 Å². The number of halogens is 1. The molecule has 3 aromatic heterocycles. The maximum Gasteiger partial charge on any atom is 0.160 e. The van der Waals surface area contributed by atoms with Crippen molar-refractivity contribution in [1.82, 2.24) is 24.6 Å². The molecule has 0 aliphatic rings. The first kappa shape index (κ1) is 13.9. The number of pyridine rings is 1. The highest BCUT2D eigenvalue weighted by molar-refractivity contribution is 6.31. The first-order chi connectivity index (χ1) is 11.3. The molecule has 0 unspecified atom stereocenters. The lowest BCUT2D eigenvalue weighted by molar-refractivity contribution is 0.868. The molecular formula is C16H13ClN6. The fourth-order valence-electron chi connectivity index (χ4n) is 2.53. The van der Waals surface area contributed by atoms with Crippen LogP contribution in [0.4, 0.5) is 5.82 Å². The van der Waals surface area contributed by atoms with Gasteiger partial charge in [0.15, 0.2) is 5.65 Å². The second kappa shape index (κ2) is 5.81. The molecule has 0 saturated carbocycles. The quantitative estimate of drug-likeness (QED) is 0.625. The summed E-state index contributed by atoms with van der Waals surface area (Å²) in [4.78, 5) is 8.55. The topological polar surface area (TPSA) is 68.0 Å². The summed E-state index contributed by atoms with van der Waals surface area (Å²) in [6.45, 7) is 0.699. The summed E-state index contributed by atoms with van der Waals surface area (Å²) in [5.74, 6) is 1.70. The van der Waals surface area contributed by atoms with Gasteiger partial charge < -0.3 is 5.32 Å². The fourth-order valence-corrected chi connectivity index (χ4v) is 2.69. The predicted molar refractivity (Wildman–Crippen MR) is 89.7 cm³/mol. The summed E-state index contributed by atoms with van der Waals surface area (Å²) < 4.78 is 1.99. The van der Waals surface area contributed by atoms with Gasteiger partial charge in [-0.3, -0.25) is 4.40 Å². The van der Waals surface area contributed by atoms with Crippen molar-refractivity contribution in [3.63, 3.8) is 0 Å². The highest BCUT2D eigenvalue weighted by Gasteiger charge is 2.06. The molecule has 0 radical (unpaired) electrons. The van der Waals surface area contributed by atoms with Gasteiger partial charge in [-0.05, 0) is 30.3 Å². The lowest BCUT2D eigenvalue weighted by atomic mass is 10.2. The summed E-state index contributed by atoms with van der Waals surface area (Å²) in [5.41, 5.74) is 1.67. The third-order valence-corrected chi connectivity index (χ3v) is 3.86. The van der Waals surface area contributed by atoms with Crippen molar-refractivity contribution in [2.24, 2.45) is 0 Å². The highest BCUT2D eigenvalue weighted by Crippen LogP contribution is 2.22. The van der Waals surface area contributed by atoms with E-state index in [4.69, 9.17) is 11.6 Å². The minimum atomic E-state index is 0.664. The molecule has 6 nitrogen and oxygen atoms in total. The first-order valence-corrected chi connectivity index (χ1v) is 7.62. The van der Waals surface area contributed by atoms with Crippen LogP contribution in [0.3, 0.4) is 0 Å². The molecule has 7 heteroatoms. The van der Waals surface area contributed by atoms with E-state index in [1.54, 1.807) is 0 Å². The number of hydrogen-bond acceptors (Lipinski definition) is 5. The maximum atomic E-state index is 6.00. The monoisotopic (exact) mass is 324 g/mol. The largest absolute Gasteiger partial charge is 0.369 e. The molecular weight excluding hydrogens is 312 g/mol. The van der Waals surface area contributed by atoms with Crippen molar-refractivity contribution in [2.75, 3.05) is 11.9 Å². The Labute approximate surface area is 137 Å². The van der Waals surface area contributed by atoms with Crippen molar-refractivity contribution >= 4 is 34.0 Å². The van der Waals surface area contributed by atoms with Gasteiger partial charge in [-0.1, -0.05) is 17.7 Å². The number of rotatable bonds is 4. The maximum absolute atomic E-state index is 6.00. The van der Waals surface area contributed by atoms with Gasteiger partial charge in [0.05, 0.1) is 5.52 Å². The van der Waals surface area contributed by atoms with E-state index in [1.165, 1.54) is 6.33 Å². The second-order valence-corrected chi connectivity index (χ2v) is 5.54. The summed E-state index contributed by atoms with van der Waals surface area (Å²) in [7, 11) is 0. The number of benzene rings is 1. The number of nitrogens with one attached hydrogen (secondary N) is 1. The number of fused-ring (bicyclic) bond motifs is 2. The summed E-state index contributed by atoms with van der Waals surface area (Å²) >= 11 is 6.00. The van der Waals surface area contributed by atoms with Crippen LogP contribution in [-0.2, 0) is 6.42 Å². The van der Waals surface area contributed by atoms with Crippen molar-refractivity contribution in [3.8, 4) is 0 Å². The van der Waals surface area contributed by atoms with Gasteiger partial charge in [-0.25, -0.2) is 9.97 Å². The van der Waals surface area contributed by atoms with E-state index < -0.39 is 0 Å². The normalized spacial score (nSPS) is 11.2. The van der Waals surface area contributed by atoms with Crippen molar-refractivity contribution < 1.29 is 0 Å². The molecule has 23 heavy (non-hydrogen) atoms. The van der Waals surface area contributed by atoms with Crippen LogP contribution in [0.1, 0.15) is 5.82 Å². The molecule has 0 amide bonds. The Morgan fingerprint density at radius 2 is 2.04 bits per heavy atom. The first-order valence-electron chi connectivity index (χ1n) is 7.24. The molecule has 0 aliphatic carbocycles. The Kier molecular flexibility index (Phi) is 3.51. The van der Waals surface area contributed by atoms with Gasteiger partial charge in [0.25, 0.3) is 0 Å². The van der Waals surface area contributed by atoms with Crippen LogP contribution in [0.5, 0.6) is 0 Å². The summed E-state index contributed by atoms with van der Waals surface area (Å²) in [5, 5.41) is 13.3. The van der Waals surface area contributed by atoms with E-state index >= 15 is 0 Å². The van der Waals surface area contributed by atoms with Crippen LogP contribution >= 0.6 is 11.6 Å². The van der Waals surface area contributed by atoms with Crippen molar-refractivity contribution in [2.45, 2.75) is 6.42 Å². The Morgan fingerprint density at radius 3 is 3.00 bits per heavy atom. The van der Waals surface area contributed by atoms with Gasteiger partial charge >= 0.3 is 0 Å². The van der Waals surface area contributed by atoms with Crippen LogP contribution in [-0.4, -0.2) is 31.1 Å². The van der Waals surface area contributed by atoms with Crippen LogP contribution in [0.15, 0.2) is 48.9 Å². The van der Waals surface area contributed by atoms with Gasteiger partial charge in [-0.15, -0.1) is 10.2 Å². The number of nitrogens with zero attached hydrogens (tertiary/aromatic N) is 5. The van der Waals surface area contributed by atoms with Gasteiger partial charge in [0.1, 0.15) is 18.0 Å². The zero-order chi connectivity index (χ0) is 15.6. The minimum Gasteiger partial charge on any atom is -0.369 e. The highest BCUT2D eigenvalue weighted by atomic mass is 35.5. The average molecular weight is 325 g/mol. The second-order valence-electron chi connectivity index (χ2n) is 5.11. The average Bonchev–Trinajstić information content (AvgIpc) is 2.98. The zero-order valence-corrected chi connectivity index (χ0v) is 12.9. The van der Waals surface area contributed by atoms with Gasteiger partial charge in [0.2, 0.25) is 0 Å². The molecule has 114 valence electrons. The third kappa shape index (κ3) is 2.68. The minimum absolute atomic E-state index is 0.664.